The van der Waals surface area contributed by atoms with Crippen LogP contribution in [0.4, 0.5) is 4.39 Å². The van der Waals surface area contributed by atoms with Crippen LogP contribution in [0.1, 0.15) is 10.4 Å². The van der Waals surface area contributed by atoms with Crippen molar-refractivity contribution in [1.29, 1.82) is 0 Å². The van der Waals surface area contributed by atoms with Gasteiger partial charge in [0.05, 0.1) is 5.69 Å². The SMILES string of the molecule is Cc1sc(=O)n(CC(=O)NCc2ccc(O)cc2)c1-c1ccc(F)cc1. The van der Waals surface area contributed by atoms with Crippen LogP contribution in [0.3, 0.4) is 0 Å². The van der Waals surface area contributed by atoms with Crippen molar-refractivity contribution >= 4 is 17.2 Å². The lowest BCUT2D eigenvalue weighted by molar-refractivity contribution is -0.121. The number of aromatic nitrogens is 1. The predicted octanol–water partition coefficient (Wildman–Crippen LogP) is 3.05. The first kappa shape index (κ1) is 17.9. The van der Waals surface area contributed by atoms with Crippen LogP contribution >= 0.6 is 11.3 Å². The highest BCUT2D eigenvalue weighted by atomic mass is 32.1. The number of halogens is 1. The third-order valence-electron chi connectivity index (χ3n) is 3.91. The van der Waals surface area contributed by atoms with Crippen molar-refractivity contribution in [1.82, 2.24) is 9.88 Å². The zero-order valence-corrected chi connectivity index (χ0v) is 14.8. The molecule has 7 heteroatoms. The number of hydrogen-bond donors (Lipinski definition) is 2. The Balaban J connectivity index is 1.77. The number of benzene rings is 2. The number of thiazole rings is 1. The molecule has 0 bridgehead atoms. The summed E-state index contributed by atoms with van der Waals surface area (Å²) in [7, 11) is 0. The lowest BCUT2D eigenvalue weighted by atomic mass is 10.1. The van der Waals surface area contributed by atoms with Gasteiger partial charge in [-0.15, -0.1) is 0 Å². The largest absolute Gasteiger partial charge is 0.508 e. The van der Waals surface area contributed by atoms with E-state index < -0.39 is 0 Å². The molecule has 5 nitrogen and oxygen atoms in total. The summed E-state index contributed by atoms with van der Waals surface area (Å²) in [5.74, 6) is -0.507. The van der Waals surface area contributed by atoms with E-state index in [1.807, 2.05) is 0 Å². The Morgan fingerprint density at radius 3 is 2.46 bits per heavy atom. The molecule has 3 aromatic rings. The smallest absolute Gasteiger partial charge is 0.308 e. The number of phenols is 1. The van der Waals surface area contributed by atoms with E-state index in [4.69, 9.17) is 0 Å². The molecule has 2 aromatic carbocycles. The highest BCUT2D eigenvalue weighted by molar-refractivity contribution is 7.09. The highest BCUT2D eigenvalue weighted by Crippen LogP contribution is 2.25. The minimum absolute atomic E-state index is 0.117. The van der Waals surface area contributed by atoms with Crippen LogP contribution in [0.15, 0.2) is 53.3 Å². The van der Waals surface area contributed by atoms with Gasteiger partial charge in [-0.25, -0.2) is 4.39 Å². The van der Waals surface area contributed by atoms with E-state index >= 15 is 0 Å². The molecule has 0 saturated carbocycles. The molecule has 0 fully saturated rings. The molecule has 0 atom stereocenters. The number of aromatic hydroxyl groups is 1. The van der Waals surface area contributed by atoms with E-state index in [9.17, 15) is 19.1 Å². The first-order valence-electron chi connectivity index (χ1n) is 7.95. The number of amides is 1. The quantitative estimate of drug-likeness (QED) is 0.723. The van der Waals surface area contributed by atoms with Gasteiger partial charge in [0.25, 0.3) is 0 Å². The van der Waals surface area contributed by atoms with Crippen molar-refractivity contribution in [3.63, 3.8) is 0 Å². The van der Waals surface area contributed by atoms with Gasteiger partial charge in [0.2, 0.25) is 5.91 Å². The number of hydrogen-bond acceptors (Lipinski definition) is 4. The molecule has 0 aliphatic rings. The summed E-state index contributed by atoms with van der Waals surface area (Å²) in [6.07, 6.45) is 0. The molecular formula is C19H17FN2O3S. The molecule has 2 N–H and O–H groups in total. The molecule has 1 amide bonds. The lowest BCUT2D eigenvalue weighted by Crippen LogP contribution is -2.30. The summed E-state index contributed by atoms with van der Waals surface area (Å²) >= 11 is 1.06. The van der Waals surface area contributed by atoms with E-state index in [1.54, 1.807) is 43.3 Å². The van der Waals surface area contributed by atoms with Gasteiger partial charge in [0.1, 0.15) is 18.1 Å². The summed E-state index contributed by atoms with van der Waals surface area (Å²) in [4.78, 5) is 25.1. The maximum atomic E-state index is 13.2. The molecule has 0 saturated heterocycles. The van der Waals surface area contributed by atoms with Crippen LogP contribution in [0.25, 0.3) is 11.3 Å². The maximum absolute atomic E-state index is 13.2. The summed E-state index contributed by atoms with van der Waals surface area (Å²) < 4.78 is 14.6. The van der Waals surface area contributed by atoms with E-state index in [1.165, 1.54) is 16.7 Å². The number of phenolic OH excluding ortho intramolecular Hbond substituents is 1. The number of rotatable bonds is 5. The third kappa shape index (κ3) is 4.00. The number of nitrogens with one attached hydrogen (secondary N) is 1. The van der Waals surface area contributed by atoms with Crippen molar-refractivity contribution in [2.24, 2.45) is 0 Å². The number of carbonyl (C=O) groups is 1. The van der Waals surface area contributed by atoms with Crippen LogP contribution in [0.5, 0.6) is 5.75 Å². The first-order chi connectivity index (χ1) is 12.4. The van der Waals surface area contributed by atoms with Gasteiger partial charge in [0, 0.05) is 11.4 Å². The maximum Gasteiger partial charge on any atom is 0.308 e. The molecule has 134 valence electrons. The average molecular weight is 372 g/mol. The number of aryl methyl sites for hydroxylation is 1. The lowest BCUT2D eigenvalue weighted by Gasteiger charge is -2.10. The standard InChI is InChI=1S/C19H17FN2O3S/c1-12-18(14-4-6-15(20)7-5-14)22(19(25)26-12)11-17(24)21-10-13-2-8-16(23)9-3-13/h2-9,23H,10-11H2,1H3,(H,21,24). The van der Waals surface area contributed by atoms with Gasteiger partial charge in [-0.2, -0.15) is 0 Å². The Hall–Kier alpha value is -2.93. The second kappa shape index (κ2) is 7.53. The minimum Gasteiger partial charge on any atom is -0.508 e. The molecule has 3 rings (SSSR count). The number of carbonyl (C=O) groups excluding carboxylic acids is 1. The topological polar surface area (TPSA) is 71.3 Å². The molecule has 26 heavy (non-hydrogen) atoms. The van der Waals surface area contributed by atoms with Crippen LogP contribution in [0, 0.1) is 12.7 Å². The van der Waals surface area contributed by atoms with E-state index in [0.29, 0.717) is 17.8 Å². The van der Waals surface area contributed by atoms with Crippen LogP contribution in [-0.2, 0) is 17.9 Å². The van der Waals surface area contributed by atoms with Crippen molar-refractivity contribution < 1.29 is 14.3 Å². The monoisotopic (exact) mass is 372 g/mol. The third-order valence-corrected chi connectivity index (χ3v) is 4.80. The Morgan fingerprint density at radius 2 is 1.81 bits per heavy atom. The predicted molar refractivity (Wildman–Crippen MR) is 98.7 cm³/mol. The highest BCUT2D eigenvalue weighted by Gasteiger charge is 2.16. The van der Waals surface area contributed by atoms with E-state index in [0.717, 1.165) is 21.8 Å². The summed E-state index contributed by atoms with van der Waals surface area (Å²) in [5.41, 5.74) is 2.15. The average Bonchev–Trinajstić information content (AvgIpc) is 2.89. The zero-order valence-electron chi connectivity index (χ0n) is 14.0. The van der Waals surface area contributed by atoms with Crippen LogP contribution in [-0.4, -0.2) is 15.6 Å². The summed E-state index contributed by atoms with van der Waals surface area (Å²) in [6, 6.07) is 12.3. The van der Waals surface area contributed by atoms with Crippen molar-refractivity contribution in [2.45, 2.75) is 20.0 Å². The van der Waals surface area contributed by atoms with Crippen LogP contribution < -0.4 is 10.2 Å². The Bertz CT molecular complexity index is 976. The van der Waals surface area contributed by atoms with Crippen molar-refractivity contribution in [2.75, 3.05) is 0 Å². The van der Waals surface area contributed by atoms with Crippen molar-refractivity contribution in [3.05, 3.63) is 74.5 Å². The minimum atomic E-state index is -0.359. The molecule has 1 heterocycles. The second-order valence-corrected chi connectivity index (χ2v) is 6.97. The molecular weight excluding hydrogens is 355 g/mol. The second-order valence-electron chi connectivity index (χ2n) is 5.81. The van der Waals surface area contributed by atoms with Gasteiger partial charge in [0.15, 0.2) is 0 Å². The summed E-state index contributed by atoms with van der Waals surface area (Å²) in [6.45, 7) is 1.98. The Labute approximate surface area is 153 Å². The van der Waals surface area contributed by atoms with Gasteiger partial charge >= 0.3 is 4.87 Å². The fraction of sp³-hybridized carbons (Fsp3) is 0.158. The molecule has 0 aliphatic heterocycles. The fourth-order valence-electron chi connectivity index (χ4n) is 2.64. The van der Waals surface area contributed by atoms with E-state index in [-0.39, 0.29) is 28.9 Å². The first-order valence-corrected chi connectivity index (χ1v) is 8.76. The summed E-state index contributed by atoms with van der Waals surface area (Å²) in [5, 5.41) is 12.0. The van der Waals surface area contributed by atoms with Gasteiger partial charge in [-0.1, -0.05) is 23.5 Å². The molecule has 1 aromatic heterocycles. The molecule has 0 unspecified atom stereocenters. The molecule has 0 radical (unpaired) electrons. The van der Waals surface area contributed by atoms with Crippen LogP contribution in [0.2, 0.25) is 0 Å². The van der Waals surface area contributed by atoms with Gasteiger partial charge in [-0.3, -0.25) is 14.2 Å². The zero-order chi connectivity index (χ0) is 18.7. The Morgan fingerprint density at radius 1 is 1.15 bits per heavy atom. The number of nitrogens with zero attached hydrogens (tertiary/aromatic N) is 1. The Kier molecular flexibility index (Phi) is 5.18. The van der Waals surface area contributed by atoms with Crippen molar-refractivity contribution in [3.8, 4) is 17.0 Å². The molecule has 0 spiro atoms. The van der Waals surface area contributed by atoms with Gasteiger partial charge in [-0.05, 0) is 54.4 Å². The molecule has 0 aliphatic carbocycles. The normalized spacial score (nSPS) is 10.7. The van der Waals surface area contributed by atoms with Gasteiger partial charge < -0.3 is 10.4 Å². The van der Waals surface area contributed by atoms with E-state index in [2.05, 4.69) is 5.32 Å². The fourth-order valence-corrected chi connectivity index (χ4v) is 3.49.